The average molecular weight is 302 g/mol. The summed E-state index contributed by atoms with van der Waals surface area (Å²) in [5.74, 6) is -1.86. The second-order valence-corrected chi connectivity index (χ2v) is 4.39. The number of carboxylic acid groups (broad SMARTS) is 1. The Kier molecular flexibility index (Phi) is 4.51. The minimum Gasteiger partial charge on any atom is -0.491 e. The quantitative estimate of drug-likeness (QED) is 0.865. The normalized spacial score (nSPS) is 11.9. The number of benzene rings is 1. The van der Waals surface area contributed by atoms with Gasteiger partial charge in [-0.05, 0) is 28.1 Å². The Balaban J connectivity index is 2.90. The molecule has 0 aliphatic rings. The monoisotopic (exact) mass is 301 g/mol. The van der Waals surface area contributed by atoms with Gasteiger partial charge in [0.25, 0.3) is 0 Å². The number of nitrogens with two attached hydrogens (primary N) is 1. The molecule has 1 unspecified atom stereocenters. The topological polar surface area (TPSA) is 89.6 Å². The highest BCUT2D eigenvalue weighted by Gasteiger charge is 2.16. The first kappa shape index (κ1) is 13.5. The number of hydrogen-bond donors (Lipinski definition) is 2. The number of rotatable bonds is 5. The van der Waals surface area contributed by atoms with E-state index in [2.05, 4.69) is 15.9 Å². The molecular formula is C11H12BrNO4. The van der Waals surface area contributed by atoms with E-state index < -0.39 is 17.8 Å². The lowest BCUT2D eigenvalue weighted by Crippen LogP contribution is -2.26. The minimum absolute atomic E-state index is 0.0380. The van der Waals surface area contributed by atoms with Gasteiger partial charge in [0, 0.05) is 0 Å². The van der Waals surface area contributed by atoms with E-state index in [0.717, 1.165) is 0 Å². The summed E-state index contributed by atoms with van der Waals surface area (Å²) >= 11 is 3.20. The third kappa shape index (κ3) is 3.45. The zero-order valence-electron chi connectivity index (χ0n) is 9.14. The third-order valence-corrected chi connectivity index (χ3v) is 2.79. The Bertz CT molecular complexity index is 447. The predicted molar refractivity (Wildman–Crippen MR) is 65.0 cm³/mol. The molecule has 6 heteroatoms. The summed E-state index contributed by atoms with van der Waals surface area (Å²) in [6.45, 7) is 1.65. The molecule has 0 radical (unpaired) electrons. The molecule has 0 heterocycles. The highest BCUT2D eigenvalue weighted by Crippen LogP contribution is 2.29. The van der Waals surface area contributed by atoms with Crippen LogP contribution in [0.4, 0.5) is 0 Å². The van der Waals surface area contributed by atoms with Crippen molar-refractivity contribution in [3.8, 4) is 5.75 Å². The van der Waals surface area contributed by atoms with E-state index in [4.69, 9.17) is 15.6 Å². The maximum absolute atomic E-state index is 11.0. The molecule has 0 bridgehead atoms. The molecular weight excluding hydrogens is 290 g/mol. The number of halogens is 1. The number of amides is 1. The summed E-state index contributed by atoms with van der Waals surface area (Å²) in [6.07, 6.45) is 0. The van der Waals surface area contributed by atoms with Crippen molar-refractivity contribution in [3.05, 3.63) is 28.2 Å². The molecule has 3 N–H and O–H groups in total. The lowest BCUT2D eigenvalue weighted by Gasteiger charge is -2.13. The zero-order valence-corrected chi connectivity index (χ0v) is 10.7. The molecule has 0 saturated carbocycles. The van der Waals surface area contributed by atoms with Gasteiger partial charge in [0.2, 0.25) is 5.91 Å². The van der Waals surface area contributed by atoms with E-state index in [0.29, 0.717) is 4.47 Å². The Hall–Kier alpha value is -1.56. The summed E-state index contributed by atoms with van der Waals surface area (Å²) in [6, 6.07) is 4.69. The molecule has 17 heavy (non-hydrogen) atoms. The van der Waals surface area contributed by atoms with Crippen molar-refractivity contribution >= 4 is 27.8 Å². The zero-order chi connectivity index (χ0) is 13.0. The van der Waals surface area contributed by atoms with Gasteiger partial charge in [-0.25, -0.2) is 4.79 Å². The standard InChI is InChI=1S/C11H12BrNO4/c1-6(10(13)14)5-17-9-7(11(15)16)3-2-4-8(9)12/h2-4,6H,5H2,1H3,(H2,13,14)(H,15,16). The van der Waals surface area contributed by atoms with Crippen LogP contribution >= 0.6 is 15.9 Å². The Morgan fingerprint density at radius 1 is 1.53 bits per heavy atom. The van der Waals surface area contributed by atoms with Crippen LogP contribution in [0.2, 0.25) is 0 Å². The summed E-state index contributed by atoms with van der Waals surface area (Å²) in [7, 11) is 0. The smallest absolute Gasteiger partial charge is 0.339 e. The van der Waals surface area contributed by atoms with Gasteiger partial charge < -0.3 is 15.6 Å². The molecule has 1 aromatic rings. The van der Waals surface area contributed by atoms with E-state index in [1.807, 2.05) is 0 Å². The number of carbonyl (C=O) groups is 2. The molecule has 1 amide bonds. The summed E-state index contributed by atoms with van der Waals surface area (Å²) in [5.41, 5.74) is 5.13. The van der Waals surface area contributed by atoms with Crippen LogP contribution in [0, 0.1) is 5.92 Å². The fourth-order valence-electron chi connectivity index (χ4n) is 1.11. The molecule has 0 aliphatic heterocycles. The number of para-hydroxylation sites is 1. The van der Waals surface area contributed by atoms with E-state index in [-0.39, 0.29) is 17.9 Å². The van der Waals surface area contributed by atoms with Crippen LogP contribution in [0.5, 0.6) is 5.75 Å². The van der Waals surface area contributed by atoms with E-state index >= 15 is 0 Å². The number of ether oxygens (including phenoxy) is 1. The average Bonchev–Trinajstić information content (AvgIpc) is 2.26. The third-order valence-electron chi connectivity index (χ3n) is 2.16. The number of hydrogen-bond acceptors (Lipinski definition) is 3. The van der Waals surface area contributed by atoms with Crippen LogP contribution in [0.25, 0.3) is 0 Å². The number of carbonyl (C=O) groups excluding carboxylic acids is 1. The first-order valence-electron chi connectivity index (χ1n) is 4.87. The maximum Gasteiger partial charge on any atom is 0.339 e. The molecule has 5 nitrogen and oxygen atoms in total. The van der Waals surface area contributed by atoms with Gasteiger partial charge in [-0.1, -0.05) is 13.0 Å². The first-order chi connectivity index (χ1) is 7.93. The number of carboxylic acids is 1. The van der Waals surface area contributed by atoms with E-state index in [1.54, 1.807) is 19.1 Å². The molecule has 1 aromatic carbocycles. The number of primary amides is 1. The Morgan fingerprint density at radius 3 is 2.71 bits per heavy atom. The van der Waals surface area contributed by atoms with Gasteiger partial charge in [-0.3, -0.25) is 4.79 Å². The second-order valence-electron chi connectivity index (χ2n) is 3.54. The highest BCUT2D eigenvalue weighted by atomic mass is 79.9. The van der Waals surface area contributed by atoms with Crippen molar-refractivity contribution < 1.29 is 19.4 Å². The summed E-state index contributed by atoms with van der Waals surface area (Å²) in [5, 5.41) is 8.97. The molecule has 1 atom stereocenters. The van der Waals surface area contributed by atoms with Crippen molar-refractivity contribution in [1.29, 1.82) is 0 Å². The van der Waals surface area contributed by atoms with Crippen LogP contribution in [0.3, 0.4) is 0 Å². The highest BCUT2D eigenvalue weighted by molar-refractivity contribution is 9.10. The lowest BCUT2D eigenvalue weighted by molar-refractivity contribution is -0.122. The van der Waals surface area contributed by atoms with Gasteiger partial charge in [0.1, 0.15) is 11.3 Å². The van der Waals surface area contributed by atoms with Crippen LogP contribution < -0.4 is 10.5 Å². The fraction of sp³-hybridized carbons (Fsp3) is 0.273. The Morgan fingerprint density at radius 2 is 2.18 bits per heavy atom. The molecule has 92 valence electrons. The van der Waals surface area contributed by atoms with Crippen molar-refractivity contribution in [1.82, 2.24) is 0 Å². The molecule has 0 fully saturated rings. The van der Waals surface area contributed by atoms with Gasteiger partial charge in [-0.15, -0.1) is 0 Å². The Labute approximate surface area is 107 Å². The van der Waals surface area contributed by atoms with Crippen LogP contribution in [-0.4, -0.2) is 23.6 Å². The van der Waals surface area contributed by atoms with Gasteiger partial charge in [0.15, 0.2) is 0 Å². The first-order valence-corrected chi connectivity index (χ1v) is 5.66. The van der Waals surface area contributed by atoms with E-state index in [1.165, 1.54) is 6.07 Å². The van der Waals surface area contributed by atoms with Crippen molar-refractivity contribution in [2.24, 2.45) is 11.7 Å². The molecule has 0 aliphatic carbocycles. The van der Waals surface area contributed by atoms with Crippen LogP contribution in [0.15, 0.2) is 22.7 Å². The van der Waals surface area contributed by atoms with Gasteiger partial charge in [0.05, 0.1) is 17.0 Å². The summed E-state index contributed by atoms with van der Waals surface area (Å²) < 4.78 is 5.85. The van der Waals surface area contributed by atoms with Gasteiger partial charge >= 0.3 is 5.97 Å². The van der Waals surface area contributed by atoms with Crippen molar-refractivity contribution in [2.75, 3.05) is 6.61 Å². The molecule has 0 saturated heterocycles. The van der Waals surface area contributed by atoms with Crippen molar-refractivity contribution in [3.63, 3.8) is 0 Å². The van der Waals surface area contributed by atoms with Crippen molar-refractivity contribution in [2.45, 2.75) is 6.92 Å². The second kappa shape index (κ2) is 5.67. The largest absolute Gasteiger partial charge is 0.491 e. The SMILES string of the molecule is CC(COc1c(Br)cccc1C(=O)O)C(N)=O. The molecule has 0 spiro atoms. The van der Waals surface area contributed by atoms with Crippen LogP contribution in [0.1, 0.15) is 17.3 Å². The minimum atomic E-state index is -1.09. The lowest BCUT2D eigenvalue weighted by atomic mass is 10.2. The fourth-order valence-corrected chi connectivity index (χ4v) is 1.60. The van der Waals surface area contributed by atoms with Gasteiger partial charge in [-0.2, -0.15) is 0 Å². The summed E-state index contributed by atoms with van der Waals surface area (Å²) in [4.78, 5) is 21.8. The number of aromatic carboxylic acids is 1. The maximum atomic E-state index is 11.0. The van der Waals surface area contributed by atoms with Crippen LogP contribution in [-0.2, 0) is 4.79 Å². The molecule has 1 rings (SSSR count). The predicted octanol–water partition coefficient (Wildman–Crippen LogP) is 1.65. The molecule has 0 aromatic heterocycles. The van der Waals surface area contributed by atoms with E-state index in [9.17, 15) is 9.59 Å².